The Balaban J connectivity index is 1.45. The van der Waals surface area contributed by atoms with Gasteiger partial charge in [-0.05, 0) is 49.4 Å². The van der Waals surface area contributed by atoms with Crippen molar-refractivity contribution in [1.29, 1.82) is 0 Å². The topological polar surface area (TPSA) is 70.7 Å². The number of rotatable bonds is 7. The maximum Gasteiger partial charge on any atom is 0.246 e. The number of ether oxygens (including phenoxy) is 1. The summed E-state index contributed by atoms with van der Waals surface area (Å²) in [4.78, 5) is 27.6. The van der Waals surface area contributed by atoms with E-state index < -0.39 is 6.04 Å². The van der Waals surface area contributed by atoms with Gasteiger partial charge in [0, 0.05) is 30.7 Å². The summed E-state index contributed by atoms with van der Waals surface area (Å²) < 4.78 is 5.19. The lowest BCUT2D eigenvalue weighted by molar-refractivity contribution is -0.125. The van der Waals surface area contributed by atoms with E-state index >= 15 is 0 Å². The van der Waals surface area contributed by atoms with Crippen LogP contribution < -0.4 is 15.4 Å². The molecule has 0 bridgehead atoms. The lowest BCUT2D eigenvalue weighted by atomic mass is 9.98. The highest BCUT2D eigenvalue weighted by molar-refractivity contribution is 6.32. The Hall–Kier alpha value is -2.57. The second-order valence-electron chi connectivity index (χ2n) is 8.24. The number of hydrogen-bond donors (Lipinski definition) is 2. The molecule has 6 nitrogen and oxygen atoms in total. The van der Waals surface area contributed by atoms with Crippen LogP contribution >= 0.6 is 11.6 Å². The molecule has 1 saturated carbocycles. The monoisotopic (exact) mass is 441 g/mol. The first-order valence-electron chi connectivity index (χ1n) is 10.8. The van der Waals surface area contributed by atoms with Gasteiger partial charge in [0.25, 0.3) is 0 Å². The number of anilines is 1. The number of amides is 2. The summed E-state index contributed by atoms with van der Waals surface area (Å²) in [5.41, 5.74) is 1.57. The second kappa shape index (κ2) is 9.71. The third kappa shape index (κ3) is 5.38. The normalized spacial score (nSPS) is 18.3. The number of carbonyl (C=O) groups excluding carboxylic acids is 2. The van der Waals surface area contributed by atoms with Crippen LogP contribution in [0.3, 0.4) is 0 Å². The van der Waals surface area contributed by atoms with Gasteiger partial charge in [-0.15, -0.1) is 0 Å². The van der Waals surface area contributed by atoms with Gasteiger partial charge in [0.15, 0.2) is 0 Å². The van der Waals surface area contributed by atoms with E-state index in [1.165, 1.54) is 0 Å². The predicted octanol–water partition coefficient (Wildman–Crippen LogP) is 4.02. The summed E-state index contributed by atoms with van der Waals surface area (Å²) in [7, 11) is 1.56. The van der Waals surface area contributed by atoms with Crippen LogP contribution in [-0.4, -0.2) is 43.0 Å². The van der Waals surface area contributed by atoms with E-state index in [1.807, 2.05) is 30.3 Å². The molecule has 1 unspecified atom stereocenters. The molecule has 4 rings (SSSR count). The fourth-order valence-corrected chi connectivity index (χ4v) is 4.34. The van der Waals surface area contributed by atoms with Gasteiger partial charge in [-0.2, -0.15) is 0 Å². The molecule has 2 aliphatic rings. The van der Waals surface area contributed by atoms with Crippen LogP contribution in [0.5, 0.6) is 5.75 Å². The molecule has 2 N–H and O–H groups in total. The third-order valence-electron chi connectivity index (χ3n) is 5.97. The molecule has 0 aromatic heterocycles. The fraction of sp³-hybridized carbons (Fsp3) is 0.417. The largest absolute Gasteiger partial charge is 0.495 e. The molecule has 1 heterocycles. The number of likely N-dealkylation sites (tertiary alicyclic amines) is 1. The Morgan fingerprint density at radius 1 is 1.06 bits per heavy atom. The van der Waals surface area contributed by atoms with Crippen molar-refractivity contribution in [3.63, 3.8) is 0 Å². The average molecular weight is 442 g/mol. The first kappa shape index (κ1) is 21.7. The van der Waals surface area contributed by atoms with Gasteiger partial charge in [0.05, 0.1) is 12.1 Å². The van der Waals surface area contributed by atoms with E-state index in [0.29, 0.717) is 16.5 Å². The smallest absolute Gasteiger partial charge is 0.246 e. The Bertz CT molecular complexity index is 925. The van der Waals surface area contributed by atoms with Crippen molar-refractivity contribution in [3.05, 3.63) is 59.1 Å². The van der Waals surface area contributed by atoms with Crippen molar-refractivity contribution < 1.29 is 14.3 Å². The summed E-state index contributed by atoms with van der Waals surface area (Å²) in [6.07, 6.45) is 3.69. The van der Waals surface area contributed by atoms with Gasteiger partial charge in [-0.25, -0.2) is 0 Å². The highest BCUT2D eigenvalue weighted by Crippen LogP contribution is 2.31. The standard InChI is InChI=1S/C24H28ClN3O3/c1-31-21-10-9-19(15-20(21)25)27-24(30)22(16-5-3-2-4-6-16)28-13-11-18(12-14-28)26-23(29)17-7-8-17/h2-6,9-10,15,17-18,22H,7-8,11-14H2,1H3,(H,26,29)(H,27,30). The lowest BCUT2D eigenvalue weighted by Crippen LogP contribution is -2.48. The summed E-state index contributed by atoms with van der Waals surface area (Å²) in [5, 5.41) is 6.63. The van der Waals surface area contributed by atoms with Crippen molar-refractivity contribution in [2.75, 3.05) is 25.5 Å². The average Bonchev–Trinajstić information content (AvgIpc) is 3.62. The summed E-state index contributed by atoms with van der Waals surface area (Å²) >= 11 is 6.22. The van der Waals surface area contributed by atoms with Crippen LogP contribution in [0.2, 0.25) is 5.02 Å². The SMILES string of the molecule is COc1ccc(NC(=O)C(c2ccccc2)N2CCC(NC(=O)C3CC3)CC2)cc1Cl. The van der Waals surface area contributed by atoms with Crippen molar-refractivity contribution in [3.8, 4) is 5.75 Å². The van der Waals surface area contributed by atoms with Gasteiger partial charge in [-0.1, -0.05) is 41.9 Å². The van der Waals surface area contributed by atoms with E-state index in [9.17, 15) is 9.59 Å². The number of nitrogens with one attached hydrogen (secondary N) is 2. The molecule has 1 aliphatic carbocycles. The molecular formula is C24H28ClN3O3. The Morgan fingerprint density at radius 2 is 1.77 bits per heavy atom. The minimum atomic E-state index is -0.415. The van der Waals surface area contributed by atoms with E-state index in [2.05, 4.69) is 15.5 Å². The summed E-state index contributed by atoms with van der Waals surface area (Å²) in [6, 6.07) is 14.8. The highest BCUT2D eigenvalue weighted by atomic mass is 35.5. The van der Waals surface area contributed by atoms with Crippen molar-refractivity contribution in [2.45, 2.75) is 37.8 Å². The van der Waals surface area contributed by atoms with Gasteiger partial charge in [0.1, 0.15) is 11.8 Å². The van der Waals surface area contributed by atoms with Crippen molar-refractivity contribution in [2.24, 2.45) is 5.92 Å². The zero-order valence-electron chi connectivity index (χ0n) is 17.6. The second-order valence-corrected chi connectivity index (χ2v) is 8.65. The lowest BCUT2D eigenvalue weighted by Gasteiger charge is -2.37. The predicted molar refractivity (Wildman–Crippen MR) is 121 cm³/mol. The first-order chi connectivity index (χ1) is 15.0. The molecule has 1 aliphatic heterocycles. The molecule has 2 aromatic carbocycles. The molecule has 2 fully saturated rings. The van der Waals surface area contributed by atoms with Gasteiger partial charge in [0.2, 0.25) is 11.8 Å². The molecular weight excluding hydrogens is 414 g/mol. The molecule has 7 heteroatoms. The van der Waals surface area contributed by atoms with Crippen LogP contribution in [0, 0.1) is 5.92 Å². The number of hydrogen-bond acceptors (Lipinski definition) is 4. The molecule has 0 radical (unpaired) electrons. The fourth-order valence-electron chi connectivity index (χ4n) is 4.08. The quantitative estimate of drug-likeness (QED) is 0.680. The third-order valence-corrected chi connectivity index (χ3v) is 6.27. The number of methoxy groups -OCH3 is 1. The molecule has 1 saturated heterocycles. The highest BCUT2D eigenvalue weighted by Gasteiger charge is 2.34. The van der Waals surface area contributed by atoms with E-state index in [0.717, 1.165) is 44.3 Å². The number of piperidine rings is 1. The first-order valence-corrected chi connectivity index (χ1v) is 11.2. The Kier molecular flexibility index (Phi) is 6.78. The van der Waals surface area contributed by atoms with Crippen LogP contribution in [0.25, 0.3) is 0 Å². The molecule has 164 valence electrons. The van der Waals surface area contributed by atoms with Crippen LogP contribution in [0.15, 0.2) is 48.5 Å². The van der Waals surface area contributed by atoms with E-state index in [-0.39, 0.29) is 23.8 Å². The maximum absolute atomic E-state index is 13.3. The van der Waals surface area contributed by atoms with E-state index in [1.54, 1.807) is 25.3 Å². The maximum atomic E-state index is 13.3. The molecule has 0 spiro atoms. The van der Waals surface area contributed by atoms with Crippen molar-refractivity contribution >= 4 is 29.1 Å². The minimum Gasteiger partial charge on any atom is -0.495 e. The van der Waals surface area contributed by atoms with Crippen molar-refractivity contribution in [1.82, 2.24) is 10.2 Å². The molecule has 1 atom stereocenters. The number of nitrogens with zero attached hydrogens (tertiary/aromatic N) is 1. The summed E-state index contributed by atoms with van der Waals surface area (Å²) in [5.74, 6) is 0.867. The zero-order chi connectivity index (χ0) is 21.8. The van der Waals surface area contributed by atoms with Gasteiger partial charge in [-0.3, -0.25) is 14.5 Å². The number of halogens is 1. The van der Waals surface area contributed by atoms with E-state index in [4.69, 9.17) is 16.3 Å². The van der Waals surface area contributed by atoms with Crippen LogP contribution in [-0.2, 0) is 9.59 Å². The van der Waals surface area contributed by atoms with Gasteiger partial charge >= 0.3 is 0 Å². The molecule has 2 amide bonds. The van der Waals surface area contributed by atoms with Crippen LogP contribution in [0.4, 0.5) is 5.69 Å². The minimum absolute atomic E-state index is 0.104. The summed E-state index contributed by atoms with van der Waals surface area (Å²) in [6.45, 7) is 1.48. The number of benzene rings is 2. The molecule has 2 aromatic rings. The van der Waals surface area contributed by atoms with Crippen LogP contribution in [0.1, 0.15) is 37.3 Å². The Labute approximate surface area is 187 Å². The zero-order valence-corrected chi connectivity index (χ0v) is 18.4. The molecule has 31 heavy (non-hydrogen) atoms. The Morgan fingerprint density at radius 3 is 2.39 bits per heavy atom. The van der Waals surface area contributed by atoms with Gasteiger partial charge < -0.3 is 15.4 Å². The number of carbonyl (C=O) groups is 2.